The van der Waals surface area contributed by atoms with Gasteiger partial charge in [0.05, 0.1) is 0 Å². The maximum absolute atomic E-state index is 2.38. The first-order valence-corrected chi connectivity index (χ1v) is 15.0. The minimum atomic E-state index is 0.205. The Morgan fingerprint density at radius 3 is 1.30 bits per heavy atom. The lowest BCUT2D eigenvalue weighted by molar-refractivity contribution is 0.585. The van der Waals surface area contributed by atoms with Gasteiger partial charge in [0.15, 0.2) is 0 Å². The van der Waals surface area contributed by atoms with Crippen molar-refractivity contribution in [1.29, 1.82) is 0 Å². The largest absolute Gasteiger partial charge is 0.158 e. The van der Waals surface area contributed by atoms with Crippen LogP contribution in [-0.4, -0.2) is 33.5 Å². The van der Waals surface area contributed by atoms with Crippen molar-refractivity contribution >= 4 is 58.4 Å². The summed E-state index contributed by atoms with van der Waals surface area (Å²) in [5.41, 5.74) is 0.410. The molecule has 0 radical (unpaired) electrons. The Hall–Kier alpha value is 1.10. The van der Waals surface area contributed by atoms with Gasteiger partial charge >= 0.3 is 0 Å². The van der Waals surface area contributed by atoms with Crippen LogP contribution in [0.2, 0.25) is 0 Å². The van der Waals surface area contributed by atoms with Gasteiger partial charge in [0.1, 0.15) is 0 Å². The lowest BCUT2D eigenvalue weighted by Gasteiger charge is -2.21. The molecule has 0 fully saturated rings. The van der Waals surface area contributed by atoms with E-state index in [1.807, 2.05) is 0 Å². The van der Waals surface area contributed by atoms with E-state index in [0.29, 0.717) is 10.5 Å². The molecule has 0 N–H and O–H groups in total. The first-order valence-electron chi connectivity index (χ1n) is 10.1. The van der Waals surface area contributed by atoms with E-state index in [1.165, 1.54) is 23.0 Å². The molecule has 0 saturated carbocycles. The molecule has 2 atom stereocenters. The average Bonchev–Trinajstić information content (AvgIpc) is 2.90. The van der Waals surface area contributed by atoms with Crippen molar-refractivity contribution in [3.63, 3.8) is 0 Å². The van der Waals surface area contributed by atoms with Crippen LogP contribution in [0.5, 0.6) is 0 Å². The second-order valence-corrected chi connectivity index (χ2v) is 15.6. The molecule has 0 aliphatic rings. The van der Waals surface area contributed by atoms with Crippen LogP contribution in [0.1, 0.15) is 79.0 Å². The van der Waals surface area contributed by atoms with E-state index in [4.69, 9.17) is 0 Å². The van der Waals surface area contributed by atoms with E-state index < -0.39 is 0 Å². The maximum Gasteiger partial charge on any atom is 0.0356 e. The van der Waals surface area contributed by atoms with E-state index in [0.717, 1.165) is 0 Å². The smallest absolute Gasteiger partial charge is 0.0356 e. The first-order chi connectivity index (χ1) is 12.4. The van der Waals surface area contributed by atoms with Crippen LogP contribution in [0.15, 0.2) is 9.79 Å². The molecule has 0 nitrogen and oxygen atoms in total. The normalized spacial score (nSPS) is 15.2. The fourth-order valence-electron chi connectivity index (χ4n) is 2.72. The molecule has 1 heterocycles. The standard InChI is InChI=1S/C22H40S5/c1-11-23-15(3)13-25-17-18(26-14-16(4)24-12-2)20(22(8,9)10)27-19(17)21(5,6)7/h15-16H,11-14H2,1-10H3. The Morgan fingerprint density at radius 2 is 1.04 bits per heavy atom. The van der Waals surface area contributed by atoms with Crippen molar-refractivity contribution < 1.29 is 0 Å². The van der Waals surface area contributed by atoms with Gasteiger partial charge in [-0.3, -0.25) is 0 Å². The van der Waals surface area contributed by atoms with E-state index in [-0.39, 0.29) is 10.8 Å². The average molecular weight is 465 g/mol. The van der Waals surface area contributed by atoms with Crippen LogP contribution in [0.4, 0.5) is 0 Å². The molecule has 1 aromatic rings. The highest BCUT2D eigenvalue weighted by molar-refractivity contribution is 8.05. The molecule has 0 aliphatic carbocycles. The van der Waals surface area contributed by atoms with Crippen molar-refractivity contribution in [2.45, 2.75) is 100 Å². The van der Waals surface area contributed by atoms with Gasteiger partial charge in [-0.15, -0.1) is 34.9 Å². The number of rotatable bonds is 10. The van der Waals surface area contributed by atoms with E-state index >= 15 is 0 Å². The first kappa shape index (κ1) is 26.1. The zero-order valence-electron chi connectivity index (χ0n) is 19.0. The van der Waals surface area contributed by atoms with Crippen LogP contribution in [0.3, 0.4) is 0 Å². The van der Waals surface area contributed by atoms with Gasteiger partial charge in [-0.25, -0.2) is 0 Å². The highest BCUT2D eigenvalue weighted by atomic mass is 32.2. The lowest BCUT2D eigenvalue weighted by Crippen LogP contribution is -2.11. The second kappa shape index (κ2) is 11.5. The Kier molecular flexibility index (Phi) is 11.1. The fourth-order valence-corrected chi connectivity index (χ4v) is 9.47. The summed E-state index contributed by atoms with van der Waals surface area (Å²) < 4.78 is 0. The number of thiophene rings is 1. The topological polar surface area (TPSA) is 0 Å². The monoisotopic (exact) mass is 464 g/mol. The molecule has 2 unspecified atom stereocenters. The molecule has 1 rings (SSSR count). The SMILES string of the molecule is CCSC(C)CSc1c(C(C)(C)C)sc(C(C)(C)C)c1SCC(C)SCC. The molecule has 0 aromatic carbocycles. The van der Waals surface area contributed by atoms with Crippen LogP contribution in [-0.2, 0) is 10.8 Å². The molecule has 0 aliphatic heterocycles. The van der Waals surface area contributed by atoms with E-state index in [2.05, 4.69) is 128 Å². The van der Waals surface area contributed by atoms with Crippen molar-refractivity contribution in [2.24, 2.45) is 0 Å². The highest BCUT2D eigenvalue weighted by Gasteiger charge is 2.31. The summed E-state index contributed by atoms with van der Waals surface area (Å²) >= 11 is 10.5. The number of hydrogen-bond donors (Lipinski definition) is 0. The summed E-state index contributed by atoms with van der Waals surface area (Å²) in [6, 6.07) is 0. The van der Waals surface area contributed by atoms with Crippen molar-refractivity contribution in [3.8, 4) is 0 Å². The predicted octanol–water partition coefficient (Wildman–Crippen LogP) is 8.81. The molecular weight excluding hydrogens is 425 g/mol. The Labute approximate surface area is 190 Å². The second-order valence-electron chi connectivity index (χ2n) is 9.07. The van der Waals surface area contributed by atoms with Gasteiger partial charge in [-0.05, 0) is 22.3 Å². The van der Waals surface area contributed by atoms with Gasteiger partial charge < -0.3 is 0 Å². The molecule has 1 aromatic heterocycles. The third-order valence-corrected chi connectivity index (χ3v) is 11.7. The predicted molar refractivity (Wildman–Crippen MR) is 138 cm³/mol. The summed E-state index contributed by atoms with van der Waals surface area (Å²) in [5, 5.41) is 1.41. The summed E-state index contributed by atoms with van der Waals surface area (Å²) in [7, 11) is 0. The van der Waals surface area contributed by atoms with Gasteiger partial charge in [0.25, 0.3) is 0 Å². The molecule has 27 heavy (non-hydrogen) atoms. The third-order valence-electron chi connectivity index (χ3n) is 4.01. The third kappa shape index (κ3) is 8.39. The summed E-state index contributed by atoms with van der Waals surface area (Å²) in [4.78, 5) is 6.34. The zero-order chi connectivity index (χ0) is 20.8. The van der Waals surface area contributed by atoms with Gasteiger partial charge in [0, 0.05) is 41.6 Å². The van der Waals surface area contributed by atoms with Crippen molar-refractivity contribution in [1.82, 2.24) is 0 Å². The molecular formula is C22H40S5. The van der Waals surface area contributed by atoms with Crippen molar-refractivity contribution in [2.75, 3.05) is 23.0 Å². The van der Waals surface area contributed by atoms with Gasteiger partial charge in [0.2, 0.25) is 0 Å². The summed E-state index contributed by atoms with van der Waals surface area (Å²) in [6.07, 6.45) is 0. The number of thioether (sulfide) groups is 4. The molecule has 0 amide bonds. The molecule has 0 spiro atoms. The van der Waals surface area contributed by atoms with Crippen LogP contribution < -0.4 is 0 Å². The minimum Gasteiger partial charge on any atom is -0.158 e. The molecule has 0 saturated heterocycles. The number of hydrogen-bond acceptors (Lipinski definition) is 5. The summed E-state index contributed by atoms with van der Waals surface area (Å²) in [5.74, 6) is 4.82. The molecule has 158 valence electrons. The lowest BCUT2D eigenvalue weighted by atomic mass is 9.93. The quantitative estimate of drug-likeness (QED) is 0.317. The maximum atomic E-state index is 2.38. The van der Waals surface area contributed by atoms with Gasteiger partial charge in [-0.1, -0.05) is 69.2 Å². The Balaban J connectivity index is 3.28. The van der Waals surface area contributed by atoms with Crippen LogP contribution >= 0.6 is 58.4 Å². The Bertz CT molecular complexity index is 514. The fraction of sp³-hybridized carbons (Fsp3) is 0.818. The summed E-state index contributed by atoms with van der Waals surface area (Å²) in [6.45, 7) is 23.6. The van der Waals surface area contributed by atoms with Crippen molar-refractivity contribution in [3.05, 3.63) is 9.75 Å². The molecule has 0 bridgehead atoms. The van der Waals surface area contributed by atoms with Crippen LogP contribution in [0, 0.1) is 0 Å². The zero-order valence-corrected chi connectivity index (χ0v) is 23.1. The highest BCUT2D eigenvalue weighted by Crippen LogP contribution is 2.51. The van der Waals surface area contributed by atoms with E-state index in [9.17, 15) is 0 Å². The minimum absolute atomic E-state index is 0.205. The van der Waals surface area contributed by atoms with Gasteiger partial charge in [-0.2, -0.15) is 23.5 Å². The van der Waals surface area contributed by atoms with Crippen LogP contribution in [0.25, 0.3) is 0 Å². The van der Waals surface area contributed by atoms with E-state index in [1.54, 1.807) is 19.5 Å². The molecule has 5 heteroatoms. The Morgan fingerprint density at radius 1 is 0.704 bits per heavy atom.